The largest absolute Gasteiger partial charge is 0.493 e. The van der Waals surface area contributed by atoms with E-state index in [1.54, 1.807) is 6.92 Å². The Hall–Kier alpha value is -0.970. The minimum absolute atomic E-state index is 0.181. The number of rotatable bonds is 4. The molecule has 0 aliphatic heterocycles. The highest BCUT2D eigenvalue weighted by Crippen LogP contribution is 2.33. The van der Waals surface area contributed by atoms with Crippen LogP contribution in [0.2, 0.25) is 0 Å². The SMILES string of the molecule is CCOc1cc(Br)c(C(F)F)cc1C(C)=O. The van der Waals surface area contributed by atoms with Gasteiger partial charge in [0.1, 0.15) is 5.75 Å². The Bertz CT molecular complexity index is 405. The molecule has 1 aromatic carbocycles. The number of carbonyl (C=O) groups excluding carboxylic acids is 1. The third kappa shape index (κ3) is 2.78. The molecule has 0 unspecified atom stereocenters. The molecule has 0 atom stereocenters. The van der Waals surface area contributed by atoms with Gasteiger partial charge < -0.3 is 4.74 Å². The molecule has 0 saturated carbocycles. The third-order valence-corrected chi connectivity index (χ3v) is 2.70. The summed E-state index contributed by atoms with van der Waals surface area (Å²) in [5, 5.41) is 0. The first kappa shape index (κ1) is 13.1. The number of carbonyl (C=O) groups is 1. The zero-order valence-corrected chi connectivity index (χ0v) is 10.5. The van der Waals surface area contributed by atoms with Gasteiger partial charge in [-0.3, -0.25) is 4.79 Å². The second-order valence-electron chi connectivity index (χ2n) is 3.16. The van der Waals surface area contributed by atoms with Gasteiger partial charge in [-0.1, -0.05) is 15.9 Å². The van der Waals surface area contributed by atoms with Gasteiger partial charge in [-0.15, -0.1) is 0 Å². The minimum Gasteiger partial charge on any atom is -0.493 e. The zero-order chi connectivity index (χ0) is 12.3. The van der Waals surface area contributed by atoms with E-state index in [1.165, 1.54) is 19.1 Å². The average Bonchev–Trinajstić information content (AvgIpc) is 2.17. The smallest absolute Gasteiger partial charge is 0.264 e. The average molecular weight is 293 g/mol. The maximum absolute atomic E-state index is 12.6. The number of benzene rings is 1. The van der Waals surface area contributed by atoms with Crippen molar-refractivity contribution >= 4 is 21.7 Å². The maximum atomic E-state index is 12.6. The topological polar surface area (TPSA) is 26.3 Å². The van der Waals surface area contributed by atoms with E-state index < -0.39 is 6.43 Å². The molecule has 16 heavy (non-hydrogen) atoms. The van der Waals surface area contributed by atoms with Gasteiger partial charge in [0.05, 0.1) is 12.2 Å². The van der Waals surface area contributed by atoms with Crippen LogP contribution in [0.3, 0.4) is 0 Å². The van der Waals surface area contributed by atoms with E-state index in [4.69, 9.17) is 4.74 Å². The monoisotopic (exact) mass is 292 g/mol. The molecule has 0 amide bonds. The summed E-state index contributed by atoms with van der Waals surface area (Å²) >= 11 is 3.03. The number of hydrogen-bond donors (Lipinski definition) is 0. The molecular weight excluding hydrogens is 282 g/mol. The molecule has 0 radical (unpaired) electrons. The standard InChI is InChI=1S/C11H11BrF2O2/c1-3-16-10-5-9(12)8(11(13)14)4-7(10)6(2)15/h4-5,11H,3H2,1-2H3. The van der Waals surface area contributed by atoms with Crippen LogP contribution in [-0.2, 0) is 0 Å². The number of ether oxygens (including phenoxy) is 1. The molecule has 0 bridgehead atoms. The van der Waals surface area contributed by atoms with E-state index in [-0.39, 0.29) is 21.4 Å². The van der Waals surface area contributed by atoms with Gasteiger partial charge in [0.25, 0.3) is 6.43 Å². The molecule has 88 valence electrons. The van der Waals surface area contributed by atoms with Crippen LogP contribution in [-0.4, -0.2) is 12.4 Å². The first-order chi connectivity index (χ1) is 7.47. The molecule has 5 heteroatoms. The molecular formula is C11H11BrF2O2. The second-order valence-corrected chi connectivity index (χ2v) is 4.01. The summed E-state index contributed by atoms with van der Waals surface area (Å²) in [5.74, 6) is 0.0316. The van der Waals surface area contributed by atoms with E-state index in [0.717, 1.165) is 0 Å². The molecule has 0 fully saturated rings. The highest BCUT2D eigenvalue weighted by Gasteiger charge is 2.18. The van der Waals surface area contributed by atoms with Gasteiger partial charge in [-0.2, -0.15) is 0 Å². The summed E-state index contributed by atoms with van der Waals surface area (Å²) in [6, 6.07) is 2.57. The van der Waals surface area contributed by atoms with Crippen LogP contribution in [0, 0.1) is 0 Å². The quantitative estimate of drug-likeness (QED) is 0.785. The lowest BCUT2D eigenvalue weighted by Crippen LogP contribution is -2.02. The van der Waals surface area contributed by atoms with E-state index in [2.05, 4.69) is 15.9 Å². The predicted octanol–water partition coefficient (Wildman–Crippen LogP) is 3.99. The molecule has 2 nitrogen and oxygen atoms in total. The fourth-order valence-electron chi connectivity index (χ4n) is 1.29. The summed E-state index contributed by atoms with van der Waals surface area (Å²) in [5.41, 5.74) is -0.0194. The van der Waals surface area contributed by atoms with Crippen molar-refractivity contribution in [3.8, 4) is 5.75 Å². The summed E-state index contributed by atoms with van der Waals surface area (Å²) in [6.45, 7) is 3.46. The van der Waals surface area contributed by atoms with Gasteiger partial charge in [0.2, 0.25) is 0 Å². The number of halogens is 3. The van der Waals surface area contributed by atoms with Crippen molar-refractivity contribution in [1.29, 1.82) is 0 Å². The van der Waals surface area contributed by atoms with Crippen LogP contribution in [0.25, 0.3) is 0 Å². The Labute approximate surface area is 101 Å². The molecule has 0 saturated heterocycles. The van der Waals surface area contributed by atoms with Crippen LogP contribution in [0.4, 0.5) is 8.78 Å². The van der Waals surface area contributed by atoms with Crippen LogP contribution in [0.5, 0.6) is 5.75 Å². The van der Waals surface area contributed by atoms with Crippen LogP contribution < -0.4 is 4.74 Å². The molecule has 0 aliphatic rings. The lowest BCUT2D eigenvalue weighted by Gasteiger charge is -2.11. The molecule has 1 rings (SSSR count). The van der Waals surface area contributed by atoms with Crippen LogP contribution in [0.1, 0.15) is 36.2 Å². The molecule has 0 heterocycles. The lowest BCUT2D eigenvalue weighted by molar-refractivity contribution is 0.101. The Morgan fingerprint density at radius 1 is 1.50 bits per heavy atom. The van der Waals surface area contributed by atoms with Crippen molar-refractivity contribution in [3.63, 3.8) is 0 Å². The summed E-state index contributed by atoms with van der Waals surface area (Å²) in [7, 11) is 0. The van der Waals surface area contributed by atoms with Crippen molar-refractivity contribution < 1.29 is 18.3 Å². The van der Waals surface area contributed by atoms with Crippen molar-refractivity contribution in [2.24, 2.45) is 0 Å². The van der Waals surface area contributed by atoms with Crippen LogP contribution >= 0.6 is 15.9 Å². The van der Waals surface area contributed by atoms with E-state index in [0.29, 0.717) is 12.4 Å². The van der Waals surface area contributed by atoms with Gasteiger partial charge in [-0.05, 0) is 26.0 Å². The lowest BCUT2D eigenvalue weighted by atomic mass is 10.1. The van der Waals surface area contributed by atoms with Crippen molar-refractivity contribution in [1.82, 2.24) is 0 Å². The Balaban J connectivity index is 3.31. The Morgan fingerprint density at radius 2 is 2.12 bits per heavy atom. The summed E-state index contributed by atoms with van der Waals surface area (Å²) in [6.07, 6.45) is -2.62. The van der Waals surface area contributed by atoms with Crippen molar-refractivity contribution in [2.75, 3.05) is 6.61 Å². The third-order valence-electron chi connectivity index (χ3n) is 2.01. The van der Waals surface area contributed by atoms with Gasteiger partial charge in [-0.25, -0.2) is 8.78 Å². The van der Waals surface area contributed by atoms with Crippen LogP contribution in [0.15, 0.2) is 16.6 Å². The maximum Gasteiger partial charge on any atom is 0.264 e. The van der Waals surface area contributed by atoms with Gasteiger partial charge in [0, 0.05) is 10.0 Å². The van der Waals surface area contributed by atoms with E-state index in [1.807, 2.05) is 0 Å². The first-order valence-corrected chi connectivity index (χ1v) is 5.52. The highest BCUT2D eigenvalue weighted by molar-refractivity contribution is 9.10. The van der Waals surface area contributed by atoms with Crippen molar-refractivity contribution in [3.05, 3.63) is 27.7 Å². The first-order valence-electron chi connectivity index (χ1n) is 4.72. The number of alkyl halides is 2. The fourth-order valence-corrected chi connectivity index (χ4v) is 1.78. The molecule has 0 aromatic heterocycles. The molecule has 0 aliphatic carbocycles. The minimum atomic E-state index is -2.62. The molecule has 0 spiro atoms. The van der Waals surface area contributed by atoms with E-state index in [9.17, 15) is 13.6 Å². The summed E-state index contributed by atoms with van der Waals surface area (Å²) in [4.78, 5) is 11.3. The van der Waals surface area contributed by atoms with Gasteiger partial charge in [0.15, 0.2) is 5.78 Å². The zero-order valence-electron chi connectivity index (χ0n) is 8.89. The predicted molar refractivity (Wildman–Crippen MR) is 60.3 cm³/mol. The number of ketones is 1. The van der Waals surface area contributed by atoms with E-state index >= 15 is 0 Å². The Kier molecular flexibility index (Phi) is 4.41. The number of hydrogen-bond acceptors (Lipinski definition) is 2. The molecule has 0 N–H and O–H groups in total. The molecule has 1 aromatic rings. The van der Waals surface area contributed by atoms with Crippen molar-refractivity contribution in [2.45, 2.75) is 20.3 Å². The normalized spacial score (nSPS) is 10.6. The second kappa shape index (κ2) is 5.39. The fraction of sp³-hybridized carbons (Fsp3) is 0.364. The van der Waals surface area contributed by atoms with Gasteiger partial charge >= 0.3 is 0 Å². The summed E-state index contributed by atoms with van der Waals surface area (Å²) < 4.78 is 30.7. The highest BCUT2D eigenvalue weighted by atomic mass is 79.9. The Morgan fingerprint density at radius 3 is 2.56 bits per heavy atom. The number of Topliss-reactive ketones (excluding diaryl/α,β-unsaturated/α-hetero) is 1.